The molecule has 3 aliphatic heterocycles. The highest BCUT2D eigenvalue weighted by atomic mass is 35.5. The lowest BCUT2D eigenvalue weighted by molar-refractivity contribution is 0.0846. The number of likely N-dealkylation sites (tertiary alicyclic amines) is 1. The first-order valence-electron chi connectivity index (χ1n) is 8.38. The molecule has 0 amide bonds. The molecule has 25 heavy (non-hydrogen) atoms. The van der Waals surface area contributed by atoms with Crippen molar-refractivity contribution in [3.63, 3.8) is 0 Å². The van der Waals surface area contributed by atoms with Gasteiger partial charge in [-0.2, -0.15) is 0 Å². The molecule has 1 saturated heterocycles. The van der Waals surface area contributed by atoms with Crippen LogP contribution in [0.3, 0.4) is 0 Å². The maximum absolute atomic E-state index is 6.22. The summed E-state index contributed by atoms with van der Waals surface area (Å²) >= 11 is 6.22. The van der Waals surface area contributed by atoms with Gasteiger partial charge in [0.15, 0.2) is 5.82 Å². The van der Waals surface area contributed by atoms with Crippen molar-refractivity contribution >= 4 is 23.2 Å². The van der Waals surface area contributed by atoms with E-state index in [1.165, 1.54) is 17.6 Å². The third-order valence-electron chi connectivity index (χ3n) is 5.14. The van der Waals surface area contributed by atoms with Gasteiger partial charge in [-0.05, 0) is 25.6 Å². The number of nitrogens with one attached hydrogen (secondary N) is 2. The molecule has 1 spiro atoms. The topological polar surface area (TPSA) is 82.3 Å². The van der Waals surface area contributed by atoms with Crippen LogP contribution in [0.25, 0.3) is 0 Å². The first-order valence-corrected chi connectivity index (χ1v) is 8.75. The quantitative estimate of drug-likeness (QED) is 0.745. The van der Waals surface area contributed by atoms with Crippen LogP contribution in [-0.4, -0.2) is 45.6 Å². The molecule has 0 atom stereocenters. The minimum Gasteiger partial charge on any atom is -0.382 e. The summed E-state index contributed by atoms with van der Waals surface area (Å²) in [5, 5.41) is 7.24. The van der Waals surface area contributed by atoms with Crippen molar-refractivity contribution in [1.82, 2.24) is 25.1 Å². The lowest BCUT2D eigenvalue weighted by Gasteiger charge is -2.45. The number of aromatic nitrogens is 2. The minimum absolute atomic E-state index is 0.0568. The van der Waals surface area contributed by atoms with Gasteiger partial charge >= 0.3 is 0 Å². The summed E-state index contributed by atoms with van der Waals surface area (Å²) in [6.45, 7) is 4.25. The highest BCUT2D eigenvalue weighted by Gasteiger charge is 2.43. The molecule has 1 aromatic heterocycles. The molecular formula is C17H22ClN7. The predicted octanol–water partition coefficient (Wildman–Crippen LogP) is 2.09. The third-order valence-corrected chi connectivity index (χ3v) is 5.51. The monoisotopic (exact) mass is 359 g/mol. The SMILES string of the molecule is CC1=CC(Nc2ncnc(N)c2Cl)=CN2C1=CNC21CCN(C)CC1. The van der Waals surface area contributed by atoms with E-state index < -0.39 is 0 Å². The molecule has 7 nitrogen and oxygen atoms in total. The van der Waals surface area contributed by atoms with E-state index in [9.17, 15) is 0 Å². The third kappa shape index (κ3) is 2.73. The van der Waals surface area contributed by atoms with Crippen molar-refractivity contribution in [2.24, 2.45) is 0 Å². The number of hydrogen-bond donors (Lipinski definition) is 3. The van der Waals surface area contributed by atoms with E-state index in [-0.39, 0.29) is 11.5 Å². The van der Waals surface area contributed by atoms with Crippen LogP contribution in [0.15, 0.2) is 41.8 Å². The summed E-state index contributed by atoms with van der Waals surface area (Å²) in [6.07, 6.45) is 9.86. The molecule has 3 aliphatic rings. The molecule has 132 valence electrons. The summed E-state index contributed by atoms with van der Waals surface area (Å²) in [5.74, 6) is 0.785. The van der Waals surface area contributed by atoms with Crippen molar-refractivity contribution < 1.29 is 0 Å². The fourth-order valence-corrected chi connectivity index (χ4v) is 3.75. The van der Waals surface area contributed by atoms with E-state index >= 15 is 0 Å². The fraction of sp³-hybridized carbons (Fsp3) is 0.412. The van der Waals surface area contributed by atoms with Gasteiger partial charge in [-0.15, -0.1) is 0 Å². The minimum atomic E-state index is -0.0568. The molecule has 0 radical (unpaired) electrons. The predicted molar refractivity (Wildman–Crippen MR) is 99.4 cm³/mol. The molecular weight excluding hydrogens is 338 g/mol. The van der Waals surface area contributed by atoms with Crippen LogP contribution in [0.4, 0.5) is 11.6 Å². The van der Waals surface area contributed by atoms with Gasteiger partial charge in [-0.25, -0.2) is 9.97 Å². The van der Waals surface area contributed by atoms with Gasteiger partial charge in [-0.3, -0.25) is 0 Å². The molecule has 4 rings (SSSR count). The van der Waals surface area contributed by atoms with E-state index in [1.54, 1.807) is 0 Å². The number of anilines is 2. The van der Waals surface area contributed by atoms with Gasteiger partial charge in [0.05, 0.1) is 11.4 Å². The number of piperidine rings is 1. The Morgan fingerprint density at radius 2 is 2.08 bits per heavy atom. The summed E-state index contributed by atoms with van der Waals surface area (Å²) in [4.78, 5) is 12.8. The van der Waals surface area contributed by atoms with Crippen LogP contribution in [0.5, 0.6) is 0 Å². The number of nitrogens with zero attached hydrogens (tertiary/aromatic N) is 4. The number of allylic oxidation sites excluding steroid dienone is 2. The number of fused-ring (bicyclic) bond motifs is 2. The first kappa shape index (κ1) is 16.2. The molecule has 4 heterocycles. The Morgan fingerprint density at radius 1 is 1.32 bits per heavy atom. The Bertz CT molecular complexity index is 790. The zero-order valence-corrected chi connectivity index (χ0v) is 15.1. The summed E-state index contributed by atoms with van der Waals surface area (Å²) in [5.41, 5.74) is 9.04. The lowest BCUT2D eigenvalue weighted by atomic mass is 9.94. The largest absolute Gasteiger partial charge is 0.382 e. The molecule has 1 fully saturated rings. The van der Waals surface area contributed by atoms with Gasteiger partial charge in [0.25, 0.3) is 0 Å². The van der Waals surface area contributed by atoms with Gasteiger partial charge < -0.3 is 26.2 Å². The van der Waals surface area contributed by atoms with E-state index in [0.717, 1.165) is 31.6 Å². The summed E-state index contributed by atoms with van der Waals surface area (Å²) in [7, 11) is 2.17. The normalized spacial score (nSPS) is 22.0. The van der Waals surface area contributed by atoms with Crippen LogP contribution in [-0.2, 0) is 0 Å². The lowest BCUT2D eigenvalue weighted by Crippen LogP contribution is -2.56. The Balaban J connectivity index is 1.63. The van der Waals surface area contributed by atoms with Crippen LogP contribution in [0.1, 0.15) is 19.8 Å². The zero-order valence-electron chi connectivity index (χ0n) is 14.4. The number of nitrogen functional groups attached to an aromatic ring is 1. The highest BCUT2D eigenvalue weighted by Crippen LogP contribution is 2.39. The molecule has 0 aliphatic carbocycles. The molecule has 4 N–H and O–H groups in total. The second kappa shape index (κ2) is 5.93. The molecule has 0 unspecified atom stereocenters. The average molecular weight is 360 g/mol. The van der Waals surface area contributed by atoms with E-state index in [4.69, 9.17) is 17.3 Å². The number of halogens is 1. The highest BCUT2D eigenvalue weighted by molar-refractivity contribution is 6.35. The van der Waals surface area contributed by atoms with Gasteiger partial charge in [0.2, 0.25) is 0 Å². The van der Waals surface area contributed by atoms with Crippen LogP contribution in [0, 0.1) is 0 Å². The smallest absolute Gasteiger partial charge is 0.154 e. The van der Waals surface area contributed by atoms with Gasteiger partial charge in [0, 0.05) is 38.3 Å². The average Bonchev–Trinajstić information content (AvgIpc) is 2.94. The maximum Gasteiger partial charge on any atom is 0.154 e. The molecule has 1 aromatic rings. The molecule has 8 heteroatoms. The Labute approximate surface area is 152 Å². The Kier molecular flexibility index (Phi) is 3.85. The van der Waals surface area contributed by atoms with Crippen LogP contribution >= 0.6 is 11.6 Å². The zero-order chi connectivity index (χ0) is 17.6. The number of rotatable bonds is 2. The van der Waals surface area contributed by atoms with Crippen molar-refractivity contribution in [1.29, 1.82) is 0 Å². The van der Waals surface area contributed by atoms with Crippen molar-refractivity contribution in [2.75, 3.05) is 31.2 Å². The molecule has 0 bridgehead atoms. The van der Waals surface area contributed by atoms with Crippen molar-refractivity contribution in [3.8, 4) is 0 Å². The maximum atomic E-state index is 6.22. The fourth-order valence-electron chi connectivity index (χ4n) is 3.60. The summed E-state index contributed by atoms with van der Waals surface area (Å²) < 4.78 is 0. The standard InChI is InChI=1S/C17H22ClN7/c1-11-7-12(23-16-14(18)15(19)20-10-21-16)9-25-13(11)8-22-17(25)3-5-24(2)6-4-17/h7-10,22H,3-6H2,1-2H3,(H3,19,20,21,23). The molecule has 0 aromatic carbocycles. The first-order chi connectivity index (χ1) is 12.0. The van der Waals surface area contributed by atoms with E-state index in [0.29, 0.717) is 10.8 Å². The van der Waals surface area contributed by atoms with Gasteiger partial charge in [0.1, 0.15) is 22.8 Å². The van der Waals surface area contributed by atoms with Gasteiger partial charge in [-0.1, -0.05) is 11.6 Å². The number of nitrogens with two attached hydrogens (primary N) is 1. The Hall–Kier alpha value is -2.25. The van der Waals surface area contributed by atoms with Crippen LogP contribution < -0.4 is 16.4 Å². The number of hydrogen-bond acceptors (Lipinski definition) is 7. The van der Waals surface area contributed by atoms with Crippen LogP contribution in [0.2, 0.25) is 5.02 Å². The van der Waals surface area contributed by atoms with Crippen molar-refractivity contribution in [3.05, 3.63) is 46.8 Å². The van der Waals surface area contributed by atoms with E-state index in [2.05, 4.69) is 62.8 Å². The second-order valence-corrected chi connectivity index (χ2v) is 7.22. The molecule has 0 saturated carbocycles. The summed E-state index contributed by atoms with van der Waals surface area (Å²) in [6, 6.07) is 0. The van der Waals surface area contributed by atoms with Crippen molar-refractivity contribution in [2.45, 2.75) is 25.4 Å². The Morgan fingerprint density at radius 3 is 2.84 bits per heavy atom. The van der Waals surface area contributed by atoms with E-state index in [1.807, 2.05) is 0 Å². The second-order valence-electron chi connectivity index (χ2n) is 6.84.